The fraction of sp³-hybridized carbons (Fsp3) is 0.548. The zero-order chi connectivity index (χ0) is 26.5. The van der Waals surface area contributed by atoms with Crippen molar-refractivity contribution < 1.29 is 18.6 Å². The maximum atomic E-state index is 6.38. The van der Waals surface area contributed by atoms with Crippen LogP contribution in [0.3, 0.4) is 0 Å². The van der Waals surface area contributed by atoms with Crippen LogP contribution in [0.15, 0.2) is 36.4 Å². The lowest BCUT2D eigenvalue weighted by Crippen LogP contribution is -2.56. The van der Waals surface area contributed by atoms with E-state index in [-0.39, 0.29) is 44.1 Å². The van der Waals surface area contributed by atoms with Gasteiger partial charge in [-0.25, -0.2) is 0 Å². The second kappa shape index (κ2) is 8.72. The molecule has 2 aliphatic heterocycles. The Morgan fingerprint density at radius 2 is 1.32 bits per heavy atom. The Morgan fingerprint density at radius 1 is 0.763 bits per heavy atom. The summed E-state index contributed by atoms with van der Waals surface area (Å²) in [6, 6.07) is 13.4. The van der Waals surface area contributed by atoms with Crippen LogP contribution >= 0.6 is 0 Å². The number of fused-ring (bicyclic) bond motifs is 5. The maximum absolute atomic E-state index is 6.38. The predicted molar refractivity (Wildman–Crippen MR) is 159 cm³/mol. The van der Waals surface area contributed by atoms with E-state index in [1.54, 1.807) is 0 Å². The number of benzene rings is 2. The Labute approximate surface area is 229 Å². The molecule has 0 bridgehead atoms. The molecule has 2 aromatic carbocycles. The maximum Gasteiger partial charge on any atom is 0.494 e. The molecule has 3 heterocycles. The molecule has 6 rings (SSSR count). The van der Waals surface area contributed by atoms with Gasteiger partial charge in [-0.3, -0.25) is 0 Å². The standard InChI is InChI=1S/C30H39B2NO4.CH4/c1-10-33-25-14-12-21(32-36-29(6,7)30(8,9)37-32)17-23(25)24-16-19-15-20(11-13-22(19)26(24)33)31-34-27(2,3)18-28(4,5)35-31;/h11-15,17H,10,16,18H2,1-9H3;1H4. The fourth-order valence-corrected chi connectivity index (χ4v) is 6.56. The van der Waals surface area contributed by atoms with Crippen molar-refractivity contribution in [1.82, 2.24) is 4.57 Å². The van der Waals surface area contributed by atoms with Crippen LogP contribution in [0, 0.1) is 0 Å². The van der Waals surface area contributed by atoms with E-state index in [2.05, 4.69) is 103 Å². The van der Waals surface area contributed by atoms with Crippen LogP contribution in [-0.2, 0) is 31.6 Å². The first-order valence-corrected chi connectivity index (χ1v) is 13.7. The highest BCUT2D eigenvalue weighted by molar-refractivity contribution is 6.62. The number of hydrogen-bond donors (Lipinski definition) is 0. The molecule has 2 saturated heterocycles. The molecule has 38 heavy (non-hydrogen) atoms. The lowest BCUT2D eigenvalue weighted by Gasteiger charge is -2.44. The van der Waals surface area contributed by atoms with Crippen molar-refractivity contribution in [3.8, 4) is 11.3 Å². The van der Waals surface area contributed by atoms with Gasteiger partial charge in [0.05, 0.1) is 28.1 Å². The molecule has 1 aromatic heterocycles. The molecule has 7 heteroatoms. The summed E-state index contributed by atoms with van der Waals surface area (Å²) >= 11 is 0. The molecule has 3 aromatic rings. The van der Waals surface area contributed by atoms with E-state index in [0.717, 1.165) is 30.3 Å². The predicted octanol–water partition coefficient (Wildman–Crippen LogP) is 5.86. The lowest BCUT2D eigenvalue weighted by molar-refractivity contribution is -0.0716. The molecular formula is C31H43B2NO4. The molecule has 0 unspecified atom stereocenters. The smallest absolute Gasteiger partial charge is 0.402 e. The lowest BCUT2D eigenvalue weighted by atomic mass is 9.72. The van der Waals surface area contributed by atoms with E-state index in [0.29, 0.717) is 0 Å². The van der Waals surface area contributed by atoms with Gasteiger partial charge in [-0.2, -0.15) is 0 Å². The molecule has 0 saturated carbocycles. The normalized spacial score (nSPS) is 22.3. The van der Waals surface area contributed by atoms with E-state index >= 15 is 0 Å². The van der Waals surface area contributed by atoms with Crippen LogP contribution < -0.4 is 10.9 Å². The van der Waals surface area contributed by atoms with Crippen molar-refractivity contribution in [1.29, 1.82) is 0 Å². The van der Waals surface area contributed by atoms with Crippen molar-refractivity contribution in [3.63, 3.8) is 0 Å². The summed E-state index contributed by atoms with van der Waals surface area (Å²) < 4.78 is 28.0. The van der Waals surface area contributed by atoms with Gasteiger partial charge >= 0.3 is 14.2 Å². The quantitative estimate of drug-likeness (QED) is 0.321. The summed E-state index contributed by atoms with van der Waals surface area (Å²) in [4.78, 5) is 0. The van der Waals surface area contributed by atoms with Crippen molar-refractivity contribution in [2.45, 2.75) is 112 Å². The minimum Gasteiger partial charge on any atom is -0.402 e. The SMILES string of the molecule is C.CCn1c2c(c3cc(B4OC(C)(C)C(C)(C)O4)ccc31)Cc1cc(B3OC(C)(C)CC(C)(C)O3)ccc1-2. The first-order valence-electron chi connectivity index (χ1n) is 13.7. The van der Waals surface area contributed by atoms with Gasteiger partial charge in [-0.05, 0) is 90.4 Å². The Hall–Kier alpha value is -2.05. The van der Waals surface area contributed by atoms with E-state index in [4.69, 9.17) is 18.6 Å². The molecule has 202 valence electrons. The summed E-state index contributed by atoms with van der Waals surface area (Å²) in [5, 5.41) is 1.29. The number of aryl methyl sites for hydroxylation is 1. The molecular weight excluding hydrogens is 472 g/mol. The van der Waals surface area contributed by atoms with Gasteiger partial charge in [0.2, 0.25) is 0 Å². The Kier molecular flexibility index (Phi) is 6.32. The van der Waals surface area contributed by atoms with Gasteiger partial charge in [0.15, 0.2) is 0 Å². The number of rotatable bonds is 3. The van der Waals surface area contributed by atoms with Crippen LogP contribution in [-0.4, -0.2) is 41.2 Å². The number of hydrogen-bond acceptors (Lipinski definition) is 4. The molecule has 3 aliphatic rings. The van der Waals surface area contributed by atoms with Gasteiger partial charge in [0.25, 0.3) is 0 Å². The van der Waals surface area contributed by atoms with Crippen molar-refractivity contribution in [2.75, 3.05) is 0 Å². The molecule has 0 radical (unpaired) electrons. The Balaban J connectivity index is 0.00000294. The first-order chi connectivity index (χ1) is 17.2. The molecule has 0 atom stereocenters. The molecule has 0 spiro atoms. The highest BCUT2D eigenvalue weighted by Gasteiger charge is 2.52. The molecule has 0 N–H and O–H groups in total. The number of aromatic nitrogens is 1. The van der Waals surface area contributed by atoms with Gasteiger partial charge in [-0.1, -0.05) is 37.8 Å². The third-order valence-electron chi connectivity index (χ3n) is 8.76. The van der Waals surface area contributed by atoms with Crippen LogP contribution in [0.4, 0.5) is 0 Å². The van der Waals surface area contributed by atoms with E-state index in [9.17, 15) is 0 Å². The van der Waals surface area contributed by atoms with Gasteiger partial charge < -0.3 is 23.2 Å². The second-order valence-corrected chi connectivity index (χ2v) is 13.3. The van der Waals surface area contributed by atoms with Crippen LogP contribution in [0.5, 0.6) is 0 Å². The summed E-state index contributed by atoms with van der Waals surface area (Å²) in [6.45, 7) is 20.2. The average molecular weight is 515 g/mol. The monoisotopic (exact) mass is 515 g/mol. The van der Waals surface area contributed by atoms with Gasteiger partial charge in [0, 0.05) is 35.9 Å². The summed E-state index contributed by atoms with van der Waals surface area (Å²) in [5.41, 5.74) is 7.62. The van der Waals surface area contributed by atoms with Crippen molar-refractivity contribution in [3.05, 3.63) is 47.5 Å². The summed E-state index contributed by atoms with van der Waals surface area (Å²) in [7, 11) is -0.721. The first kappa shape index (κ1) is 27.5. The minimum absolute atomic E-state index is 0. The van der Waals surface area contributed by atoms with Crippen LogP contribution in [0.1, 0.15) is 87.3 Å². The molecule has 0 amide bonds. The third-order valence-corrected chi connectivity index (χ3v) is 8.76. The minimum atomic E-state index is -0.363. The fourth-order valence-electron chi connectivity index (χ4n) is 6.56. The largest absolute Gasteiger partial charge is 0.494 e. The summed E-state index contributed by atoms with van der Waals surface area (Å²) in [5.74, 6) is 0. The van der Waals surface area contributed by atoms with Gasteiger partial charge in [-0.15, -0.1) is 0 Å². The highest BCUT2D eigenvalue weighted by atomic mass is 16.7. The zero-order valence-corrected chi connectivity index (χ0v) is 23.8. The number of nitrogens with zero attached hydrogens (tertiary/aromatic N) is 1. The zero-order valence-electron chi connectivity index (χ0n) is 23.8. The molecule has 2 fully saturated rings. The highest BCUT2D eigenvalue weighted by Crippen LogP contribution is 2.43. The van der Waals surface area contributed by atoms with E-state index in [1.165, 1.54) is 33.3 Å². The molecule has 1 aliphatic carbocycles. The topological polar surface area (TPSA) is 41.9 Å². The average Bonchev–Trinajstić information content (AvgIpc) is 3.36. The Morgan fingerprint density at radius 3 is 1.92 bits per heavy atom. The third kappa shape index (κ3) is 4.27. The van der Waals surface area contributed by atoms with E-state index in [1.807, 2.05) is 0 Å². The van der Waals surface area contributed by atoms with Crippen molar-refractivity contribution >= 4 is 36.1 Å². The van der Waals surface area contributed by atoms with E-state index < -0.39 is 0 Å². The summed E-state index contributed by atoms with van der Waals surface area (Å²) in [6.07, 6.45) is 1.76. The van der Waals surface area contributed by atoms with Crippen LogP contribution in [0.25, 0.3) is 22.2 Å². The second-order valence-electron chi connectivity index (χ2n) is 13.3. The van der Waals surface area contributed by atoms with Gasteiger partial charge in [0.1, 0.15) is 0 Å². The Bertz CT molecular complexity index is 1370. The molecule has 5 nitrogen and oxygen atoms in total. The van der Waals surface area contributed by atoms with Crippen LogP contribution in [0.2, 0.25) is 0 Å². The van der Waals surface area contributed by atoms with Crippen molar-refractivity contribution in [2.24, 2.45) is 0 Å².